The lowest BCUT2D eigenvalue weighted by molar-refractivity contribution is 0.332. The van der Waals surface area contributed by atoms with Gasteiger partial charge >= 0.3 is 0 Å². The molecule has 106 valence electrons. The number of ether oxygens (including phenoxy) is 1. The summed E-state index contributed by atoms with van der Waals surface area (Å²) in [6.45, 7) is 0. The average molecular weight is 289 g/mol. The van der Waals surface area contributed by atoms with Gasteiger partial charge in [0.05, 0.1) is 0 Å². The zero-order chi connectivity index (χ0) is 14.9. The minimum atomic E-state index is -2.22. The van der Waals surface area contributed by atoms with Crippen molar-refractivity contribution in [3.8, 4) is 11.5 Å². The Bertz CT molecular complexity index is 613. The summed E-state index contributed by atoms with van der Waals surface area (Å²) in [5.41, 5.74) is 0.690. The second-order valence-corrected chi connectivity index (χ2v) is 3.78. The summed E-state index contributed by atoms with van der Waals surface area (Å²) in [6.07, 6.45) is 0. The molecule has 0 radical (unpaired) electrons. The van der Waals surface area contributed by atoms with Gasteiger partial charge in [0.2, 0.25) is 34.8 Å². The van der Waals surface area contributed by atoms with Crippen LogP contribution in [0.4, 0.5) is 27.6 Å². The first-order chi connectivity index (χ1) is 9.45. The molecule has 0 aliphatic rings. The van der Waals surface area contributed by atoms with Crippen molar-refractivity contribution in [2.24, 2.45) is 0 Å². The molecular formula is C13H8F5NO. The van der Waals surface area contributed by atoms with E-state index in [-0.39, 0.29) is 5.75 Å². The molecule has 0 saturated carbocycles. The Labute approximate surface area is 110 Å². The first-order valence-electron chi connectivity index (χ1n) is 5.42. The number of halogens is 5. The minimum Gasteiger partial charge on any atom is -0.451 e. The summed E-state index contributed by atoms with van der Waals surface area (Å²) in [5, 5.41) is 2.79. The predicted molar refractivity (Wildman–Crippen MR) is 62.3 cm³/mol. The summed E-state index contributed by atoms with van der Waals surface area (Å²) >= 11 is 0. The highest BCUT2D eigenvalue weighted by Crippen LogP contribution is 2.32. The number of hydrogen-bond acceptors (Lipinski definition) is 2. The van der Waals surface area contributed by atoms with E-state index in [0.29, 0.717) is 5.69 Å². The summed E-state index contributed by atoms with van der Waals surface area (Å²) in [7, 11) is 1.65. The third kappa shape index (κ3) is 2.38. The van der Waals surface area contributed by atoms with Crippen LogP contribution in [-0.4, -0.2) is 7.05 Å². The smallest absolute Gasteiger partial charge is 0.207 e. The van der Waals surface area contributed by atoms with Crippen molar-refractivity contribution in [3.05, 3.63) is 53.4 Å². The fourth-order valence-electron chi connectivity index (χ4n) is 1.48. The molecule has 0 amide bonds. The van der Waals surface area contributed by atoms with Crippen molar-refractivity contribution in [2.45, 2.75) is 0 Å². The fourth-order valence-corrected chi connectivity index (χ4v) is 1.48. The van der Waals surface area contributed by atoms with Crippen LogP contribution in [0, 0.1) is 29.1 Å². The van der Waals surface area contributed by atoms with Gasteiger partial charge in [0.25, 0.3) is 0 Å². The molecule has 0 heterocycles. The Morgan fingerprint density at radius 2 is 1.20 bits per heavy atom. The molecule has 0 aliphatic carbocycles. The second kappa shape index (κ2) is 5.36. The van der Waals surface area contributed by atoms with E-state index >= 15 is 0 Å². The topological polar surface area (TPSA) is 21.3 Å². The zero-order valence-electron chi connectivity index (χ0n) is 10.1. The van der Waals surface area contributed by atoms with Crippen LogP contribution in [0.15, 0.2) is 24.3 Å². The van der Waals surface area contributed by atoms with Crippen molar-refractivity contribution >= 4 is 5.69 Å². The quantitative estimate of drug-likeness (QED) is 0.519. The van der Waals surface area contributed by atoms with E-state index in [4.69, 9.17) is 4.74 Å². The molecule has 0 aromatic heterocycles. The van der Waals surface area contributed by atoms with Crippen molar-refractivity contribution in [3.63, 3.8) is 0 Å². The van der Waals surface area contributed by atoms with Gasteiger partial charge in [-0.15, -0.1) is 0 Å². The standard InChI is InChI=1S/C13H8F5NO/c1-19-6-2-4-7(5-3-6)20-13-11(17)9(15)8(14)10(16)12(13)18/h2-5,19H,1H3. The average Bonchev–Trinajstić information content (AvgIpc) is 2.48. The third-order valence-electron chi connectivity index (χ3n) is 2.53. The molecule has 0 fully saturated rings. The number of nitrogens with one attached hydrogen (secondary N) is 1. The van der Waals surface area contributed by atoms with E-state index in [0.717, 1.165) is 0 Å². The Morgan fingerprint density at radius 3 is 1.65 bits per heavy atom. The molecule has 1 N–H and O–H groups in total. The van der Waals surface area contributed by atoms with E-state index in [1.165, 1.54) is 24.3 Å². The first-order valence-corrected chi connectivity index (χ1v) is 5.42. The maximum atomic E-state index is 13.4. The minimum absolute atomic E-state index is 0.0628. The molecule has 0 atom stereocenters. The van der Waals surface area contributed by atoms with Crippen LogP contribution in [-0.2, 0) is 0 Å². The molecule has 20 heavy (non-hydrogen) atoms. The Balaban J connectivity index is 2.42. The van der Waals surface area contributed by atoms with E-state index < -0.39 is 34.8 Å². The van der Waals surface area contributed by atoms with Crippen molar-refractivity contribution in [2.75, 3.05) is 12.4 Å². The van der Waals surface area contributed by atoms with Crippen LogP contribution >= 0.6 is 0 Å². The maximum absolute atomic E-state index is 13.4. The van der Waals surface area contributed by atoms with Crippen molar-refractivity contribution in [1.82, 2.24) is 0 Å². The van der Waals surface area contributed by atoms with E-state index in [1.54, 1.807) is 7.05 Å². The Hall–Kier alpha value is -2.31. The van der Waals surface area contributed by atoms with E-state index in [1.807, 2.05) is 0 Å². The number of hydrogen-bond donors (Lipinski definition) is 1. The summed E-state index contributed by atoms with van der Waals surface area (Å²) < 4.78 is 70.3. The van der Waals surface area contributed by atoms with E-state index in [2.05, 4.69) is 5.32 Å². The monoisotopic (exact) mass is 289 g/mol. The lowest BCUT2D eigenvalue weighted by Gasteiger charge is -2.10. The second-order valence-electron chi connectivity index (χ2n) is 3.78. The Kier molecular flexibility index (Phi) is 3.78. The van der Waals surface area contributed by atoms with Gasteiger partial charge in [0.1, 0.15) is 5.75 Å². The third-order valence-corrected chi connectivity index (χ3v) is 2.53. The van der Waals surface area contributed by atoms with Gasteiger partial charge in [0, 0.05) is 12.7 Å². The highest BCUT2D eigenvalue weighted by atomic mass is 19.2. The number of anilines is 1. The SMILES string of the molecule is CNc1ccc(Oc2c(F)c(F)c(F)c(F)c2F)cc1. The van der Waals surface area contributed by atoms with Crippen molar-refractivity contribution in [1.29, 1.82) is 0 Å². The molecule has 7 heteroatoms. The van der Waals surface area contributed by atoms with E-state index in [9.17, 15) is 22.0 Å². The molecule has 0 spiro atoms. The van der Waals surface area contributed by atoms with Crippen LogP contribution < -0.4 is 10.1 Å². The van der Waals surface area contributed by atoms with Gasteiger partial charge in [-0.2, -0.15) is 8.78 Å². The molecule has 2 rings (SSSR count). The number of rotatable bonds is 3. The molecule has 0 unspecified atom stereocenters. The molecule has 2 aromatic rings. The molecule has 0 bridgehead atoms. The normalized spacial score (nSPS) is 10.5. The number of benzene rings is 2. The zero-order valence-corrected chi connectivity index (χ0v) is 10.1. The summed E-state index contributed by atoms with van der Waals surface area (Å²) in [6, 6.07) is 5.68. The molecule has 2 aromatic carbocycles. The summed E-state index contributed by atoms with van der Waals surface area (Å²) in [4.78, 5) is 0. The van der Waals surface area contributed by atoms with Gasteiger partial charge in [-0.25, -0.2) is 13.2 Å². The maximum Gasteiger partial charge on any atom is 0.207 e. The lowest BCUT2D eigenvalue weighted by Crippen LogP contribution is -2.04. The molecule has 0 saturated heterocycles. The van der Waals surface area contributed by atoms with Gasteiger partial charge in [-0.05, 0) is 24.3 Å². The van der Waals surface area contributed by atoms with Crippen LogP contribution in [0.3, 0.4) is 0 Å². The molecule has 2 nitrogen and oxygen atoms in total. The van der Waals surface area contributed by atoms with Gasteiger partial charge in [0.15, 0.2) is 0 Å². The van der Waals surface area contributed by atoms with Crippen LogP contribution in [0.5, 0.6) is 11.5 Å². The fraction of sp³-hybridized carbons (Fsp3) is 0.0769. The Morgan fingerprint density at radius 1 is 0.750 bits per heavy atom. The van der Waals surface area contributed by atoms with Crippen LogP contribution in [0.2, 0.25) is 0 Å². The first kappa shape index (κ1) is 14.1. The highest BCUT2D eigenvalue weighted by molar-refractivity contribution is 5.46. The van der Waals surface area contributed by atoms with Crippen LogP contribution in [0.1, 0.15) is 0 Å². The van der Waals surface area contributed by atoms with Gasteiger partial charge < -0.3 is 10.1 Å². The van der Waals surface area contributed by atoms with Crippen molar-refractivity contribution < 1.29 is 26.7 Å². The van der Waals surface area contributed by atoms with Gasteiger partial charge in [-0.1, -0.05) is 0 Å². The molecular weight excluding hydrogens is 281 g/mol. The van der Waals surface area contributed by atoms with Gasteiger partial charge in [-0.3, -0.25) is 0 Å². The largest absolute Gasteiger partial charge is 0.451 e. The predicted octanol–water partition coefficient (Wildman–Crippen LogP) is 4.22. The highest BCUT2D eigenvalue weighted by Gasteiger charge is 2.27. The van der Waals surface area contributed by atoms with Crippen LogP contribution in [0.25, 0.3) is 0 Å². The lowest BCUT2D eigenvalue weighted by atomic mass is 10.2. The summed E-state index contributed by atoms with van der Waals surface area (Å²) in [5.74, 6) is -11.8. The molecule has 0 aliphatic heterocycles.